The number of ether oxygens (including phenoxy) is 1. The van der Waals surface area contributed by atoms with Gasteiger partial charge < -0.3 is 14.5 Å². The van der Waals surface area contributed by atoms with Gasteiger partial charge in [0.1, 0.15) is 5.75 Å². The zero-order valence-corrected chi connectivity index (χ0v) is 18.7. The van der Waals surface area contributed by atoms with Gasteiger partial charge in [-0.15, -0.1) is 0 Å². The van der Waals surface area contributed by atoms with Crippen LogP contribution in [-0.4, -0.2) is 80.8 Å². The first-order valence-corrected chi connectivity index (χ1v) is 10.3. The van der Waals surface area contributed by atoms with Crippen molar-refractivity contribution in [1.29, 1.82) is 0 Å². The van der Waals surface area contributed by atoms with Crippen LogP contribution in [0.15, 0.2) is 36.4 Å². The van der Waals surface area contributed by atoms with Crippen LogP contribution in [0.25, 0.3) is 0 Å². The lowest BCUT2D eigenvalue weighted by molar-refractivity contribution is -0.131. The Morgan fingerprint density at radius 3 is 2.38 bits per heavy atom. The van der Waals surface area contributed by atoms with Crippen LogP contribution in [0.1, 0.15) is 31.7 Å². The van der Waals surface area contributed by atoms with Gasteiger partial charge in [-0.1, -0.05) is 25.1 Å². The average Bonchev–Trinajstić information content (AvgIpc) is 2.66. The Labute approximate surface area is 176 Å². The molecule has 0 atom stereocenters. The normalized spacial score (nSPS) is 11.4. The first kappa shape index (κ1) is 24.9. The number of carbonyl (C=O) groups excluding carboxylic acids is 2. The van der Waals surface area contributed by atoms with E-state index in [4.69, 9.17) is 4.74 Å². The summed E-state index contributed by atoms with van der Waals surface area (Å²) in [6.07, 6.45) is 5.84. The van der Waals surface area contributed by atoms with E-state index in [-0.39, 0.29) is 11.7 Å². The van der Waals surface area contributed by atoms with Crippen LogP contribution in [0.2, 0.25) is 0 Å². The number of amides is 1. The molecule has 6 heteroatoms. The molecular weight excluding hydrogens is 366 g/mol. The number of allylic oxidation sites excluding steroid dienone is 1. The summed E-state index contributed by atoms with van der Waals surface area (Å²) in [5.74, 6) is 1.03. The molecule has 29 heavy (non-hydrogen) atoms. The Morgan fingerprint density at radius 2 is 1.76 bits per heavy atom. The Bertz CT molecular complexity index is 641. The predicted molar refractivity (Wildman–Crippen MR) is 118 cm³/mol. The van der Waals surface area contributed by atoms with Crippen LogP contribution in [0.5, 0.6) is 5.75 Å². The third-order valence-electron chi connectivity index (χ3n) is 4.41. The number of carbonyl (C=O) groups is 2. The summed E-state index contributed by atoms with van der Waals surface area (Å²) in [7, 11) is 7.79. The Kier molecular flexibility index (Phi) is 11.9. The largest absolute Gasteiger partial charge is 0.494 e. The predicted octanol–water partition coefficient (Wildman–Crippen LogP) is 2.83. The van der Waals surface area contributed by atoms with E-state index < -0.39 is 0 Å². The third-order valence-corrected chi connectivity index (χ3v) is 4.41. The van der Waals surface area contributed by atoms with Crippen molar-refractivity contribution < 1.29 is 14.3 Å². The van der Waals surface area contributed by atoms with Crippen LogP contribution in [-0.2, 0) is 16.1 Å². The summed E-state index contributed by atoms with van der Waals surface area (Å²) in [5, 5.41) is 0. The fourth-order valence-corrected chi connectivity index (χ4v) is 2.73. The first-order valence-electron chi connectivity index (χ1n) is 10.3. The quantitative estimate of drug-likeness (QED) is 0.353. The fraction of sp³-hybridized carbons (Fsp3) is 0.565. The number of rotatable bonds is 14. The molecule has 1 aromatic carbocycles. The van der Waals surface area contributed by atoms with Gasteiger partial charge in [0.2, 0.25) is 5.91 Å². The summed E-state index contributed by atoms with van der Waals surface area (Å²) in [5.41, 5.74) is 1.06. The highest BCUT2D eigenvalue weighted by Crippen LogP contribution is 2.14. The summed E-state index contributed by atoms with van der Waals surface area (Å²) in [6, 6.07) is 7.90. The molecule has 0 unspecified atom stereocenters. The van der Waals surface area contributed by atoms with Crippen LogP contribution in [0.3, 0.4) is 0 Å². The molecule has 1 aromatic rings. The lowest BCUT2D eigenvalue weighted by atomic mass is 10.2. The second-order valence-electron chi connectivity index (χ2n) is 7.71. The van der Waals surface area contributed by atoms with Crippen molar-refractivity contribution in [2.45, 2.75) is 32.7 Å². The molecule has 0 aliphatic carbocycles. The lowest BCUT2D eigenvalue weighted by Gasteiger charge is -2.21. The molecule has 0 spiro atoms. The molecule has 0 aliphatic rings. The maximum atomic E-state index is 12.4. The minimum absolute atomic E-state index is 0.0461. The van der Waals surface area contributed by atoms with Crippen LogP contribution < -0.4 is 4.74 Å². The van der Waals surface area contributed by atoms with Crippen molar-refractivity contribution in [3.05, 3.63) is 42.0 Å². The van der Waals surface area contributed by atoms with Crippen molar-refractivity contribution in [3.8, 4) is 5.75 Å². The van der Waals surface area contributed by atoms with Gasteiger partial charge in [0.15, 0.2) is 5.78 Å². The van der Waals surface area contributed by atoms with Crippen molar-refractivity contribution in [1.82, 2.24) is 14.7 Å². The van der Waals surface area contributed by atoms with Gasteiger partial charge in [-0.2, -0.15) is 0 Å². The molecule has 0 aromatic heterocycles. The zero-order valence-electron chi connectivity index (χ0n) is 18.7. The van der Waals surface area contributed by atoms with E-state index in [1.165, 1.54) is 0 Å². The number of likely N-dealkylation sites (N-methyl/N-ethyl adjacent to an activating group) is 2. The summed E-state index contributed by atoms with van der Waals surface area (Å²) >= 11 is 0. The highest BCUT2D eigenvalue weighted by Gasteiger charge is 2.11. The minimum atomic E-state index is 0.0461. The van der Waals surface area contributed by atoms with Gasteiger partial charge in [-0.3, -0.25) is 14.5 Å². The molecule has 0 saturated carbocycles. The first-order chi connectivity index (χ1) is 13.8. The number of ketones is 1. The van der Waals surface area contributed by atoms with E-state index in [0.717, 1.165) is 30.7 Å². The topological polar surface area (TPSA) is 53.1 Å². The van der Waals surface area contributed by atoms with E-state index in [1.807, 2.05) is 56.3 Å². The molecule has 1 amide bonds. The summed E-state index contributed by atoms with van der Waals surface area (Å²) < 4.78 is 5.74. The zero-order chi connectivity index (χ0) is 21.6. The number of hydrogen-bond donors (Lipinski definition) is 0. The molecule has 0 bridgehead atoms. The Balaban J connectivity index is 2.37. The van der Waals surface area contributed by atoms with Crippen LogP contribution >= 0.6 is 0 Å². The second kappa shape index (κ2) is 13.9. The SMILES string of the molecule is CCCC(=O)/C=C/CN(C)CC(=O)N(C)Cc1ccc(OCCCN(C)C)cc1. The maximum absolute atomic E-state index is 12.4. The lowest BCUT2D eigenvalue weighted by Crippen LogP contribution is -2.36. The molecule has 0 radical (unpaired) electrons. The average molecular weight is 404 g/mol. The van der Waals surface area contributed by atoms with Gasteiger partial charge in [0.25, 0.3) is 0 Å². The van der Waals surface area contributed by atoms with Gasteiger partial charge >= 0.3 is 0 Å². The van der Waals surface area contributed by atoms with Crippen molar-refractivity contribution >= 4 is 11.7 Å². The molecule has 1 rings (SSSR count). The summed E-state index contributed by atoms with van der Waals surface area (Å²) in [6.45, 7) is 5.13. The smallest absolute Gasteiger partial charge is 0.236 e. The van der Waals surface area contributed by atoms with Crippen LogP contribution in [0, 0.1) is 0 Å². The standard InChI is InChI=1S/C23H37N3O3/c1-6-9-21(27)10-7-16-25(4)19-23(28)26(5)18-20-11-13-22(14-12-20)29-17-8-15-24(2)3/h7,10-14H,6,8-9,15-19H2,1-5H3/b10-7+. The van der Waals surface area contributed by atoms with Crippen LogP contribution in [0.4, 0.5) is 0 Å². The molecular formula is C23H37N3O3. The fourth-order valence-electron chi connectivity index (χ4n) is 2.73. The van der Waals surface area contributed by atoms with E-state index in [1.54, 1.807) is 11.0 Å². The molecule has 162 valence electrons. The molecule has 6 nitrogen and oxygen atoms in total. The van der Waals surface area contributed by atoms with Gasteiger partial charge in [-0.05, 0) is 57.8 Å². The second-order valence-corrected chi connectivity index (χ2v) is 7.71. The van der Waals surface area contributed by atoms with Gasteiger partial charge in [-0.25, -0.2) is 0 Å². The number of nitrogens with zero attached hydrogens (tertiary/aromatic N) is 3. The number of benzene rings is 1. The molecule has 0 fully saturated rings. The highest BCUT2D eigenvalue weighted by atomic mass is 16.5. The van der Waals surface area contributed by atoms with Gasteiger partial charge in [0.05, 0.1) is 13.2 Å². The molecule has 0 heterocycles. The van der Waals surface area contributed by atoms with Crippen molar-refractivity contribution in [3.63, 3.8) is 0 Å². The van der Waals surface area contributed by atoms with E-state index in [9.17, 15) is 9.59 Å². The molecule has 0 saturated heterocycles. The Hall–Kier alpha value is -2.18. The van der Waals surface area contributed by atoms with Crippen molar-refractivity contribution in [2.24, 2.45) is 0 Å². The maximum Gasteiger partial charge on any atom is 0.236 e. The van der Waals surface area contributed by atoms with Gasteiger partial charge in [0, 0.05) is 33.1 Å². The third kappa shape index (κ3) is 11.4. The van der Waals surface area contributed by atoms with E-state index in [0.29, 0.717) is 32.7 Å². The van der Waals surface area contributed by atoms with E-state index in [2.05, 4.69) is 19.0 Å². The summed E-state index contributed by atoms with van der Waals surface area (Å²) in [4.78, 5) is 29.7. The minimum Gasteiger partial charge on any atom is -0.494 e. The monoisotopic (exact) mass is 403 g/mol. The molecule has 0 aliphatic heterocycles. The van der Waals surface area contributed by atoms with Crippen molar-refractivity contribution in [2.75, 3.05) is 54.4 Å². The highest BCUT2D eigenvalue weighted by molar-refractivity contribution is 5.89. The van der Waals surface area contributed by atoms with E-state index >= 15 is 0 Å². The number of hydrogen-bond acceptors (Lipinski definition) is 5. The Morgan fingerprint density at radius 1 is 1.07 bits per heavy atom. The molecule has 0 N–H and O–H groups in total.